The van der Waals surface area contributed by atoms with Crippen molar-refractivity contribution in [2.45, 2.75) is 76.9 Å². The summed E-state index contributed by atoms with van der Waals surface area (Å²) >= 11 is 0. The van der Waals surface area contributed by atoms with Gasteiger partial charge in [-0.3, -0.25) is 9.36 Å². The number of sulfone groups is 1. The van der Waals surface area contributed by atoms with Crippen molar-refractivity contribution in [2.75, 3.05) is 11.1 Å². The molecule has 204 valence electrons. The highest BCUT2D eigenvalue weighted by Gasteiger charge is 2.31. The van der Waals surface area contributed by atoms with Crippen LogP contribution >= 0.6 is 0 Å². The summed E-state index contributed by atoms with van der Waals surface area (Å²) in [5.74, 6) is 1.05. The first kappa shape index (κ1) is 26.8. The van der Waals surface area contributed by atoms with Crippen LogP contribution in [0.1, 0.15) is 75.9 Å². The second-order valence-electron chi connectivity index (χ2n) is 9.77. The Morgan fingerprint density at radius 1 is 1.05 bits per heavy atom. The van der Waals surface area contributed by atoms with E-state index in [0.717, 1.165) is 48.2 Å². The van der Waals surface area contributed by atoms with Gasteiger partial charge in [0.2, 0.25) is 0 Å². The standard InChI is InChI=1S/C27H32N8O3S/c1-5-16(4)35-26-20(14-30-24(34-26)22-19(6-2)31-15-32-23(22)18-9-10-18)33-25(27(35)36)29-13-17-8-11-21(28-12-17)39(37,38)7-3/h8,11-12,14-16,18H,5-7,9-10,13H2,1-4H3,(H,29,33). The van der Waals surface area contributed by atoms with E-state index >= 15 is 0 Å². The smallest absolute Gasteiger partial charge is 0.295 e. The lowest BCUT2D eigenvalue weighted by molar-refractivity contribution is 0.526. The van der Waals surface area contributed by atoms with E-state index in [4.69, 9.17) is 4.98 Å². The Morgan fingerprint density at radius 2 is 1.85 bits per heavy atom. The Balaban J connectivity index is 1.54. The van der Waals surface area contributed by atoms with Gasteiger partial charge in [0, 0.05) is 24.7 Å². The summed E-state index contributed by atoms with van der Waals surface area (Å²) in [6.45, 7) is 7.86. The van der Waals surface area contributed by atoms with Crippen LogP contribution in [0, 0.1) is 0 Å². The van der Waals surface area contributed by atoms with Crippen LogP contribution in [0.5, 0.6) is 0 Å². The molecule has 0 saturated heterocycles. The molecule has 0 amide bonds. The highest BCUT2D eigenvalue weighted by molar-refractivity contribution is 7.91. The van der Waals surface area contributed by atoms with Gasteiger partial charge in [0.1, 0.15) is 11.8 Å². The summed E-state index contributed by atoms with van der Waals surface area (Å²) in [5.41, 5.74) is 4.10. The molecule has 1 unspecified atom stereocenters. The zero-order chi connectivity index (χ0) is 27.7. The van der Waals surface area contributed by atoms with Crippen LogP contribution in [0.4, 0.5) is 5.82 Å². The normalized spacial score (nSPS) is 14.5. The summed E-state index contributed by atoms with van der Waals surface area (Å²) in [4.78, 5) is 40.9. The number of hydrogen-bond acceptors (Lipinski definition) is 10. The van der Waals surface area contributed by atoms with E-state index in [1.165, 1.54) is 12.3 Å². The minimum atomic E-state index is -3.38. The number of nitrogens with one attached hydrogen (secondary N) is 1. The number of fused-ring (bicyclic) bond motifs is 1. The van der Waals surface area contributed by atoms with Crippen LogP contribution in [0.2, 0.25) is 0 Å². The predicted molar refractivity (Wildman–Crippen MR) is 148 cm³/mol. The van der Waals surface area contributed by atoms with Crippen molar-refractivity contribution >= 4 is 26.8 Å². The molecule has 0 aromatic carbocycles. The lowest BCUT2D eigenvalue weighted by Crippen LogP contribution is -2.28. The molecular weight excluding hydrogens is 516 g/mol. The van der Waals surface area contributed by atoms with Crippen LogP contribution in [0.15, 0.2) is 40.7 Å². The fourth-order valence-corrected chi connectivity index (χ4v) is 5.26. The van der Waals surface area contributed by atoms with Gasteiger partial charge in [0.25, 0.3) is 5.56 Å². The van der Waals surface area contributed by atoms with Crippen molar-refractivity contribution in [3.8, 4) is 11.4 Å². The predicted octanol–water partition coefficient (Wildman–Crippen LogP) is 3.86. The van der Waals surface area contributed by atoms with Crippen LogP contribution in [-0.2, 0) is 22.8 Å². The zero-order valence-corrected chi connectivity index (χ0v) is 23.4. The Bertz CT molecular complexity index is 1680. The van der Waals surface area contributed by atoms with Gasteiger partial charge in [0.05, 0.1) is 28.9 Å². The van der Waals surface area contributed by atoms with Gasteiger partial charge in [-0.1, -0.05) is 26.8 Å². The van der Waals surface area contributed by atoms with E-state index in [2.05, 4.69) is 30.2 Å². The monoisotopic (exact) mass is 548 g/mol. The van der Waals surface area contributed by atoms with Gasteiger partial charge in [0.15, 0.2) is 32.2 Å². The summed E-state index contributed by atoms with van der Waals surface area (Å²) in [6.07, 6.45) is 8.36. The van der Waals surface area contributed by atoms with Gasteiger partial charge in [-0.2, -0.15) is 0 Å². The number of aryl methyl sites for hydroxylation is 1. The molecule has 4 aromatic rings. The van der Waals surface area contributed by atoms with Crippen molar-refractivity contribution in [3.63, 3.8) is 0 Å². The average molecular weight is 549 g/mol. The quantitative estimate of drug-likeness (QED) is 0.310. The first-order valence-corrected chi connectivity index (χ1v) is 15.0. The lowest BCUT2D eigenvalue weighted by atomic mass is 10.1. The maximum atomic E-state index is 13.6. The van der Waals surface area contributed by atoms with Crippen molar-refractivity contribution in [2.24, 2.45) is 0 Å². The van der Waals surface area contributed by atoms with Crippen LogP contribution in [0.3, 0.4) is 0 Å². The van der Waals surface area contributed by atoms with E-state index in [-0.39, 0.29) is 34.7 Å². The number of hydrogen-bond donors (Lipinski definition) is 1. The van der Waals surface area contributed by atoms with E-state index in [1.807, 2.05) is 20.8 Å². The average Bonchev–Trinajstić information content (AvgIpc) is 3.81. The number of pyridine rings is 1. The molecule has 12 heteroatoms. The molecule has 1 N–H and O–H groups in total. The molecule has 1 aliphatic carbocycles. The molecule has 11 nitrogen and oxygen atoms in total. The molecule has 1 aliphatic rings. The minimum Gasteiger partial charge on any atom is -0.361 e. The lowest BCUT2D eigenvalue weighted by Gasteiger charge is -2.18. The van der Waals surface area contributed by atoms with Gasteiger partial charge >= 0.3 is 0 Å². The van der Waals surface area contributed by atoms with E-state index < -0.39 is 9.84 Å². The van der Waals surface area contributed by atoms with Crippen molar-refractivity contribution in [1.82, 2.24) is 34.5 Å². The molecule has 5 rings (SSSR count). The zero-order valence-electron chi connectivity index (χ0n) is 22.5. The van der Waals surface area contributed by atoms with Crippen LogP contribution in [0.25, 0.3) is 22.6 Å². The third kappa shape index (κ3) is 5.25. The molecule has 1 saturated carbocycles. The second-order valence-corrected chi connectivity index (χ2v) is 12.0. The van der Waals surface area contributed by atoms with Gasteiger partial charge in [-0.15, -0.1) is 0 Å². The summed E-state index contributed by atoms with van der Waals surface area (Å²) < 4.78 is 25.8. The molecule has 0 radical (unpaired) electrons. The molecule has 39 heavy (non-hydrogen) atoms. The first-order chi connectivity index (χ1) is 18.8. The van der Waals surface area contributed by atoms with Crippen LogP contribution in [-0.4, -0.2) is 48.6 Å². The highest BCUT2D eigenvalue weighted by atomic mass is 32.2. The number of aromatic nitrogens is 7. The molecule has 0 spiro atoms. The Labute approximate surface area is 227 Å². The highest BCUT2D eigenvalue weighted by Crippen LogP contribution is 2.43. The largest absolute Gasteiger partial charge is 0.361 e. The van der Waals surface area contributed by atoms with Crippen LogP contribution < -0.4 is 10.9 Å². The Kier molecular flexibility index (Phi) is 7.39. The Hall–Kier alpha value is -3.80. The fraction of sp³-hybridized carbons (Fsp3) is 0.444. The van der Waals surface area contributed by atoms with Crippen molar-refractivity contribution in [3.05, 3.63) is 58.2 Å². The molecule has 0 aliphatic heterocycles. The maximum absolute atomic E-state index is 13.6. The third-order valence-electron chi connectivity index (χ3n) is 7.10. The number of rotatable bonds is 10. The maximum Gasteiger partial charge on any atom is 0.295 e. The molecule has 0 bridgehead atoms. The van der Waals surface area contributed by atoms with Gasteiger partial charge < -0.3 is 5.32 Å². The Morgan fingerprint density at radius 3 is 2.49 bits per heavy atom. The summed E-state index contributed by atoms with van der Waals surface area (Å²) in [5, 5.41) is 3.13. The topological polar surface area (TPSA) is 146 Å². The molecule has 1 atom stereocenters. The molecule has 4 aromatic heterocycles. The molecular formula is C27H32N8O3S. The van der Waals surface area contributed by atoms with Crippen molar-refractivity contribution < 1.29 is 8.42 Å². The molecule has 4 heterocycles. The molecule has 1 fully saturated rings. The van der Waals surface area contributed by atoms with E-state index in [1.54, 1.807) is 30.1 Å². The summed E-state index contributed by atoms with van der Waals surface area (Å²) in [6, 6.07) is 3.02. The minimum absolute atomic E-state index is 0.0174. The van der Waals surface area contributed by atoms with Crippen molar-refractivity contribution in [1.29, 1.82) is 0 Å². The van der Waals surface area contributed by atoms with E-state index in [0.29, 0.717) is 22.9 Å². The first-order valence-electron chi connectivity index (χ1n) is 13.3. The van der Waals surface area contributed by atoms with E-state index in [9.17, 15) is 13.2 Å². The van der Waals surface area contributed by atoms with Gasteiger partial charge in [-0.05, 0) is 44.2 Å². The third-order valence-corrected chi connectivity index (χ3v) is 8.74. The number of anilines is 1. The SMILES string of the molecule is CCc1ncnc(C2CC2)c1-c1ncc2nc(NCc3ccc(S(=O)(=O)CC)nc3)c(=O)n(C(C)CC)c2n1. The fourth-order valence-electron chi connectivity index (χ4n) is 4.48. The summed E-state index contributed by atoms with van der Waals surface area (Å²) in [7, 11) is -3.38. The number of nitrogens with zero attached hydrogens (tertiary/aromatic N) is 7. The van der Waals surface area contributed by atoms with Gasteiger partial charge in [-0.25, -0.2) is 38.3 Å². The second kappa shape index (κ2) is 10.8.